The Morgan fingerprint density at radius 3 is 2.22 bits per heavy atom. The fraction of sp³-hybridized carbons (Fsp3) is 0.500. The van der Waals surface area contributed by atoms with Crippen molar-refractivity contribution >= 4 is 17.8 Å². The minimum absolute atomic E-state index is 0.0966. The third-order valence-electron chi connectivity index (χ3n) is 5.62. The van der Waals surface area contributed by atoms with Gasteiger partial charge in [-0.25, -0.2) is 0 Å². The number of hydrogen-bond acceptors (Lipinski definition) is 3. The number of imide groups is 1. The molecule has 27 heavy (non-hydrogen) atoms. The topological polar surface area (TPSA) is 74.7 Å². The van der Waals surface area contributed by atoms with Gasteiger partial charge in [0.05, 0.1) is 0 Å². The van der Waals surface area contributed by atoms with Gasteiger partial charge < -0.3 is 5.11 Å². The molecule has 0 saturated heterocycles. The Hall–Kier alpha value is -2.43. The lowest BCUT2D eigenvalue weighted by molar-refractivity contribution is -0.142. The van der Waals surface area contributed by atoms with Gasteiger partial charge in [-0.1, -0.05) is 31.0 Å². The van der Waals surface area contributed by atoms with E-state index >= 15 is 0 Å². The van der Waals surface area contributed by atoms with Crippen molar-refractivity contribution in [3.8, 4) is 0 Å². The van der Waals surface area contributed by atoms with Crippen molar-refractivity contribution in [2.45, 2.75) is 65.2 Å². The van der Waals surface area contributed by atoms with Gasteiger partial charge in [0.15, 0.2) is 0 Å². The van der Waals surface area contributed by atoms with Crippen molar-refractivity contribution in [3.63, 3.8) is 0 Å². The predicted molar refractivity (Wildman–Crippen MR) is 103 cm³/mol. The van der Waals surface area contributed by atoms with Crippen LogP contribution in [0.25, 0.3) is 0 Å². The average Bonchev–Trinajstić information content (AvgIpc) is 2.85. The highest BCUT2D eigenvalue weighted by atomic mass is 16.4. The SMILES string of the molecule is CCCc1cc(C)cc(C)c1C(CN1C(=O)C2=C(CCCC2)C1=O)C(=O)O. The molecule has 0 fully saturated rings. The average molecular weight is 369 g/mol. The largest absolute Gasteiger partial charge is 0.481 e. The highest BCUT2D eigenvalue weighted by Gasteiger charge is 2.41. The number of rotatable bonds is 6. The van der Waals surface area contributed by atoms with Gasteiger partial charge >= 0.3 is 5.97 Å². The molecule has 0 spiro atoms. The molecule has 1 aliphatic carbocycles. The summed E-state index contributed by atoms with van der Waals surface area (Å²) in [6.07, 6.45) is 4.74. The lowest BCUT2D eigenvalue weighted by atomic mass is 9.86. The van der Waals surface area contributed by atoms with E-state index in [1.807, 2.05) is 26.0 Å². The number of carboxylic acid groups (broad SMARTS) is 1. The summed E-state index contributed by atoms with van der Waals surface area (Å²) in [5.41, 5.74) is 4.95. The molecule has 5 nitrogen and oxygen atoms in total. The molecular weight excluding hydrogens is 342 g/mol. The molecule has 1 N–H and O–H groups in total. The van der Waals surface area contributed by atoms with Gasteiger partial charge in [-0.15, -0.1) is 0 Å². The first-order chi connectivity index (χ1) is 12.8. The van der Waals surface area contributed by atoms with Crippen molar-refractivity contribution in [1.82, 2.24) is 4.90 Å². The van der Waals surface area contributed by atoms with E-state index in [0.717, 1.165) is 47.9 Å². The molecule has 1 unspecified atom stereocenters. The predicted octanol–water partition coefficient (Wildman–Crippen LogP) is 3.66. The number of benzene rings is 1. The van der Waals surface area contributed by atoms with Crippen LogP contribution in [0.5, 0.6) is 0 Å². The normalized spacial score (nSPS) is 18.1. The Balaban J connectivity index is 1.96. The molecule has 2 aliphatic rings. The van der Waals surface area contributed by atoms with Gasteiger partial charge in [-0.2, -0.15) is 0 Å². The van der Waals surface area contributed by atoms with E-state index in [2.05, 4.69) is 6.92 Å². The van der Waals surface area contributed by atoms with Gasteiger partial charge in [-0.3, -0.25) is 19.3 Å². The molecule has 144 valence electrons. The maximum atomic E-state index is 12.7. The maximum absolute atomic E-state index is 12.7. The Labute approximate surface area is 160 Å². The van der Waals surface area contributed by atoms with Crippen molar-refractivity contribution in [2.75, 3.05) is 6.54 Å². The molecule has 2 amide bonds. The van der Waals surface area contributed by atoms with E-state index in [-0.39, 0.29) is 18.4 Å². The van der Waals surface area contributed by atoms with Crippen LogP contribution in [0.3, 0.4) is 0 Å². The summed E-state index contributed by atoms with van der Waals surface area (Å²) in [4.78, 5) is 38.8. The molecule has 3 rings (SSSR count). The molecule has 5 heteroatoms. The van der Waals surface area contributed by atoms with E-state index in [1.54, 1.807) is 0 Å². The summed E-state index contributed by atoms with van der Waals surface area (Å²) >= 11 is 0. The third kappa shape index (κ3) is 3.55. The highest BCUT2D eigenvalue weighted by molar-refractivity contribution is 6.19. The Bertz CT molecular complexity index is 809. The van der Waals surface area contributed by atoms with E-state index in [1.165, 1.54) is 4.90 Å². The van der Waals surface area contributed by atoms with E-state index in [4.69, 9.17) is 0 Å². The Morgan fingerprint density at radius 1 is 1.11 bits per heavy atom. The summed E-state index contributed by atoms with van der Waals surface area (Å²) in [6.45, 7) is 5.87. The molecule has 0 bridgehead atoms. The number of carbonyl (C=O) groups is 3. The van der Waals surface area contributed by atoms with Crippen LogP contribution in [0, 0.1) is 13.8 Å². The van der Waals surface area contributed by atoms with Crippen molar-refractivity contribution in [1.29, 1.82) is 0 Å². The number of hydrogen-bond donors (Lipinski definition) is 1. The van der Waals surface area contributed by atoms with Crippen LogP contribution < -0.4 is 0 Å². The summed E-state index contributed by atoms with van der Waals surface area (Å²) in [7, 11) is 0. The van der Waals surface area contributed by atoms with Crippen LogP contribution in [0.4, 0.5) is 0 Å². The Kier molecular flexibility index (Phi) is 5.49. The fourth-order valence-corrected chi connectivity index (χ4v) is 4.48. The molecule has 0 aromatic heterocycles. The minimum Gasteiger partial charge on any atom is -0.481 e. The fourth-order valence-electron chi connectivity index (χ4n) is 4.48. The molecule has 1 heterocycles. The van der Waals surface area contributed by atoms with Crippen LogP contribution in [-0.2, 0) is 20.8 Å². The summed E-state index contributed by atoms with van der Waals surface area (Å²) in [5.74, 6) is -2.48. The summed E-state index contributed by atoms with van der Waals surface area (Å²) in [5, 5.41) is 9.94. The van der Waals surface area contributed by atoms with Crippen molar-refractivity contribution in [2.24, 2.45) is 0 Å². The lowest BCUT2D eigenvalue weighted by Crippen LogP contribution is -2.38. The maximum Gasteiger partial charge on any atom is 0.312 e. The van der Waals surface area contributed by atoms with E-state index in [0.29, 0.717) is 24.0 Å². The monoisotopic (exact) mass is 369 g/mol. The number of amides is 2. The van der Waals surface area contributed by atoms with E-state index < -0.39 is 11.9 Å². The van der Waals surface area contributed by atoms with Crippen molar-refractivity contribution < 1.29 is 19.5 Å². The minimum atomic E-state index is -0.996. The summed E-state index contributed by atoms with van der Waals surface area (Å²) in [6, 6.07) is 4.00. The highest BCUT2D eigenvalue weighted by Crippen LogP contribution is 2.35. The lowest BCUT2D eigenvalue weighted by Gasteiger charge is -2.24. The number of aryl methyl sites for hydroxylation is 3. The quantitative estimate of drug-likeness (QED) is 0.777. The van der Waals surface area contributed by atoms with Crippen LogP contribution in [0.2, 0.25) is 0 Å². The zero-order valence-corrected chi connectivity index (χ0v) is 16.3. The zero-order valence-electron chi connectivity index (χ0n) is 16.3. The first kappa shape index (κ1) is 19.3. The van der Waals surface area contributed by atoms with Crippen LogP contribution in [0.1, 0.15) is 67.2 Å². The van der Waals surface area contributed by atoms with Gasteiger partial charge in [0.2, 0.25) is 0 Å². The van der Waals surface area contributed by atoms with Crippen molar-refractivity contribution in [3.05, 3.63) is 45.5 Å². The molecular formula is C22H27NO4. The number of carbonyl (C=O) groups excluding carboxylic acids is 2. The summed E-state index contributed by atoms with van der Waals surface area (Å²) < 4.78 is 0. The third-order valence-corrected chi connectivity index (χ3v) is 5.62. The standard InChI is InChI=1S/C22H27NO4/c1-4-7-15-11-13(2)10-14(3)19(15)18(22(26)27)12-23-20(24)16-8-5-6-9-17(16)21(23)25/h10-11,18H,4-9,12H2,1-3H3,(H,26,27). The van der Waals surface area contributed by atoms with Crippen LogP contribution in [-0.4, -0.2) is 34.3 Å². The molecule has 1 aromatic rings. The molecule has 0 saturated carbocycles. The number of nitrogens with zero attached hydrogens (tertiary/aromatic N) is 1. The molecule has 1 aliphatic heterocycles. The number of carboxylic acids is 1. The second kappa shape index (κ2) is 7.67. The molecule has 0 radical (unpaired) electrons. The first-order valence-corrected chi connectivity index (χ1v) is 9.76. The number of aliphatic carboxylic acids is 1. The second-order valence-corrected chi connectivity index (χ2v) is 7.68. The molecule has 1 atom stereocenters. The second-order valence-electron chi connectivity index (χ2n) is 7.68. The smallest absolute Gasteiger partial charge is 0.312 e. The zero-order chi connectivity index (χ0) is 19.7. The van der Waals surface area contributed by atoms with Gasteiger partial charge in [0, 0.05) is 17.7 Å². The van der Waals surface area contributed by atoms with Gasteiger partial charge in [0.25, 0.3) is 11.8 Å². The van der Waals surface area contributed by atoms with Crippen LogP contribution >= 0.6 is 0 Å². The van der Waals surface area contributed by atoms with Crippen LogP contribution in [0.15, 0.2) is 23.3 Å². The Morgan fingerprint density at radius 2 is 1.70 bits per heavy atom. The van der Waals surface area contributed by atoms with Gasteiger partial charge in [-0.05, 0) is 62.6 Å². The van der Waals surface area contributed by atoms with E-state index in [9.17, 15) is 19.5 Å². The molecule has 1 aromatic carbocycles. The van der Waals surface area contributed by atoms with Gasteiger partial charge in [0.1, 0.15) is 5.92 Å². The first-order valence-electron chi connectivity index (χ1n) is 9.76.